The zero-order valence-electron chi connectivity index (χ0n) is 11.7. The molecule has 1 heterocycles. The number of ether oxygens (including phenoxy) is 1. The predicted octanol–water partition coefficient (Wildman–Crippen LogP) is 1.18. The third-order valence-electron chi connectivity index (χ3n) is 2.87. The lowest BCUT2D eigenvalue weighted by Crippen LogP contribution is -2.44. The summed E-state index contributed by atoms with van der Waals surface area (Å²) in [5.41, 5.74) is 6.76. The lowest BCUT2D eigenvalue weighted by atomic mass is 10.1. The van der Waals surface area contributed by atoms with Crippen LogP contribution in [0, 0.1) is 0 Å². The van der Waals surface area contributed by atoms with Gasteiger partial charge in [0.2, 0.25) is 5.91 Å². The number of nitrogens with two attached hydrogens (primary N) is 1. The van der Waals surface area contributed by atoms with Gasteiger partial charge in [-0.1, -0.05) is 19.4 Å². The van der Waals surface area contributed by atoms with Crippen LogP contribution < -0.4 is 5.73 Å². The second kappa shape index (κ2) is 8.61. The highest BCUT2D eigenvalue weighted by molar-refractivity contribution is 5.81. The molecule has 5 heteroatoms. The van der Waals surface area contributed by atoms with Crippen LogP contribution in [-0.2, 0) is 16.1 Å². The van der Waals surface area contributed by atoms with E-state index in [9.17, 15) is 4.79 Å². The summed E-state index contributed by atoms with van der Waals surface area (Å²) in [6, 6.07) is 5.23. The van der Waals surface area contributed by atoms with Gasteiger partial charge in [-0.3, -0.25) is 9.78 Å². The molecular weight excluding hydrogens is 242 g/mol. The second-order valence-corrected chi connectivity index (χ2v) is 4.47. The molecule has 0 fully saturated rings. The highest BCUT2D eigenvalue weighted by Gasteiger charge is 2.20. The van der Waals surface area contributed by atoms with Crippen LogP contribution >= 0.6 is 0 Å². The van der Waals surface area contributed by atoms with Crippen molar-refractivity contribution in [3.8, 4) is 0 Å². The Morgan fingerprint density at radius 3 is 2.89 bits per heavy atom. The van der Waals surface area contributed by atoms with Crippen molar-refractivity contribution in [2.75, 3.05) is 20.3 Å². The Labute approximate surface area is 114 Å². The average molecular weight is 265 g/mol. The molecule has 0 aliphatic carbocycles. The van der Waals surface area contributed by atoms with Crippen molar-refractivity contribution in [2.24, 2.45) is 5.73 Å². The van der Waals surface area contributed by atoms with Gasteiger partial charge >= 0.3 is 0 Å². The van der Waals surface area contributed by atoms with E-state index in [2.05, 4.69) is 4.98 Å². The summed E-state index contributed by atoms with van der Waals surface area (Å²) in [5, 5.41) is 0. The number of hydrogen-bond donors (Lipinski definition) is 1. The van der Waals surface area contributed by atoms with Crippen LogP contribution in [0.5, 0.6) is 0 Å². The molecule has 1 aromatic rings. The van der Waals surface area contributed by atoms with Crippen LogP contribution in [0.25, 0.3) is 0 Å². The van der Waals surface area contributed by atoms with E-state index in [1.165, 1.54) is 0 Å². The number of methoxy groups -OCH3 is 1. The number of aromatic nitrogens is 1. The van der Waals surface area contributed by atoms with Crippen molar-refractivity contribution in [1.82, 2.24) is 9.88 Å². The minimum absolute atomic E-state index is 0.0375. The highest BCUT2D eigenvalue weighted by atomic mass is 16.5. The predicted molar refractivity (Wildman–Crippen MR) is 74.4 cm³/mol. The quantitative estimate of drug-likeness (QED) is 0.766. The Hall–Kier alpha value is -1.46. The van der Waals surface area contributed by atoms with E-state index >= 15 is 0 Å². The van der Waals surface area contributed by atoms with E-state index in [0.717, 1.165) is 12.1 Å². The zero-order valence-corrected chi connectivity index (χ0v) is 11.7. The molecule has 19 heavy (non-hydrogen) atoms. The number of carbonyl (C=O) groups is 1. The first kappa shape index (κ1) is 15.6. The van der Waals surface area contributed by atoms with E-state index in [4.69, 9.17) is 10.5 Å². The van der Waals surface area contributed by atoms with E-state index in [-0.39, 0.29) is 5.91 Å². The van der Waals surface area contributed by atoms with E-state index in [1.54, 1.807) is 18.2 Å². The first-order valence-electron chi connectivity index (χ1n) is 6.62. The fourth-order valence-electron chi connectivity index (χ4n) is 1.82. The molecule has 1 amide bonds. The Bertz CT molecular complexity index is 370. The van der Waals surface area contributed by atoms with Crippen molar-refractivity contribution in [1.29, 1.82) is 0 Å². The lowest BCUT2D eigenvalue weighted by molar-refractivity contribution is -0.134. The normalized spacial score (nSPS) is 12.2. The molecule has 0 spiro atoms. The van der Waals surface area contributed by atoms with Crippen molar-refractivity contribution in [2.45, 2.75) is 32.4 Å². The average Bonchev–Trinajstić information content (AvgIpc) is 2.44. The third kappa shape index (κ3) is 5.36. The standard InChI is InChI=1S/C14H23N3O2/c1-3-6-13(15)14(18)17(9-10-19-2)11-12-7-4-5-8-16-12/h4-5,7-8,13H,3,6,9-11,15H2,1-2H3/t13-/m1/s1. The molecule has 1 rings (SSSR count). The molecule has 1 atom stereocenters. The minimum atomic E-state index is -0.439. The molecule has 0 aliphatic heterocycles. The number of hydrogen-bond acceptors (Lipinski definition) is 4. The molecule has 0 unspecified atom stereocenters. The summed E-state index contributed by atoms with van der Waals surface area (Å²) in [6.07, 6.45) is 3.32. The number of carbonyl (C=O) groups excluding carboxylic acids is 1. The van der Waals surface area contributed by atoms with Gasteiger partial charge in [0.25, 0.3) is 0 Å². The fraction of sp³-hybridized carbons (Fsp3) is 0.571. The molecule has 2 N–H and O–H groups in total. The van der Waals surface area contributed by atoms with Gasteiger partial charge in [-0.25, -0.2) is 0 Å². The summed E-state index contributed by atoms with van der Waals surface area (Å²) in [5.74, 6) is -0.0375. The summed E-state index contributed by atoms with van der Waals surface area (Å²) < 4.78 is 5.04. The maximum Gasteiger partial charge on any atom is 0.239 e. The van der Waals surface area contributed by atoms with Gasteiger partial charge in [0.1, 0.15) is 0 Å². The monoisotopic (exact) mass is 265 g/mol. The Balaban J connectivity index is 2.68. The van der Waals surface area contributed by atoms with Gasteiger partial charge < -0.3 is 15.4 Å². The van der Waals surface area contributed by atoms with Crippen molar-refractivity contribution >= 4 is 5.91 Å². The molecule has 0 bridgehead atoms. The summed E-state index contributed by atoms with van der Waals surface area (Å²) in [6.45, 7) is 3.52. The number of nitrogens with zero attached hydrogens (tertiary/aromatic N) is 2. The van der Waals surface area contributed by atoms with Gasteiger partial charge in [0.15, 0.2) is 0 Å². The van der Waals surface area contributed by atoms with Crippen LogP contribution in [0.1, 0.15) is 25.5 Å². The molecule has 0 aliphatic rings. The third-order valence-corrected chi connectivity index (χ3v) is 2.87. The number of pyridine rings is 1. The van der Waals surface area contributed by atoms with E-state index < -0.39 is 6.04 Å². The largest absolute Gasteiger partial charge is 0.383 e. The molecule has 0 saturated carbocycles. The van der Waals surface area contributed by atoms with Crippen LogP contribution in [-0.4, -0.2) is 42.1 Å². The van der Waals surface area contributed by atoms with Crippen LogP contribution in [0.2, 0.25) is 0 Å². The lowest BCUT2D eigenvalue weighted by Gasteiger charge is -2.25. The topological polar surface area (TPSA) is 68.5 Å². The summed E-state index contributed by atoms with van der Waals surface area (Å²) >= 11 is 0. The first-order chi connectivity index (χ1) is 9.19. The maximum atomic E-state index is 12.3. The van der Waals surface area contributed by atoms with Gasteiger partial charge in [0.05, 0.1) is 24.9 Å². The van der Waals surface area contributed by atoms with Crippen molar-refractivity contribution in [3.63, 3.8) is 0 Å². The Kier molecular flexibility index (Phi) is 7.07. The molecule has 5 nitrogen and oxygen atoms in total. The molecular formula is C14H23N3O2. The molecule has 106 valence electrons. The number of amides is 1. The summed E-state index contributed by atoms with van der Waals surface area (Å²) in [7, 11) is 1.62. The molecule has 0 radical (unpaired) electrons. The van der Waals surface area contributed by atoms with Gasteiger partial charge in [-0.05, 0) is 18.6 Å². The van der Waals surface area contributed by atoms with Crippen LogP contribution in [0.15, 0.2) is 24.4 Å². The maximum absolute atomic E-state index is 12.3. The SMILES string of the molecule is CCC[C@@H](N)C(=O)N(CCOC)Cc1ccccn1. The minimum Gasteiger partial charge on any atom is -0.383 e. The van der Waals surface area contributed by atoms with Crippen LogP contribution in [0.3, 0.4) is 0 Å². The smallest absolute Gasteiger partial charge is 0.239 e. The second-order valence-electron chi connectivity index (χ2n) is 4.47. The summed E-state index contributed by atoms with van der Waals surface area (Å²) in [4.78, 5) is 18.2. The number of rotatable bonds is 8. The van der Waals surface area contributed by atoms with Gasteiger partial charge in [-0.15, -0.1) is 0 Å². The van der Waals surface area contributed by atoms with Crippen molar-refractivity contribution < 1.29 is 9.53 Å². The highest BCUT2D eigenvalue weighted by Crippen LogP contribution is 2.05. The van der Waals surface area contributed by atoms with Crippen molar-refractivity contribution in [3.05, 3.63) is 30.1 Å². The Morgan fingerprint density at radius 1 is 1.53 bits per heavy atom. The van der Waals surface area contributed by atoms with E-state index in [1.807, 2.05) is 25.1 Å². The van der Waals surface area contributed by atoms with Crippen LogP contribution in [0.4, 0.5) is 0 Å². The van der Waals surface area contributed by atoms with Gasteiger partial charge in [-0.2, -0.15) is 0 Å². The fourth-order valence-corrected chi connectivity index (χ4v) is 1.82. The molecule has 0 saturated heterocycles. The molecule has 1 aromatic heterocycles. The molecule has 0 aromatic carbocycles. The van der Waals surface area contributed by atoms with E-state index in [0.29, 0.717) is 26.1 Å². The first-order valence-corrected chi connectivity index (χ1v) is 6.62. The van der Waals surface area contributed by atoms with Gasteiger partial charge in [0, 0.05) is 19.9 Å². The zero-order chi connectivity index (χ0) is 14.1. The Morgan fingerprint density at radius 2 is 2.32 bits per heavy atom.